The van der Waals surface area contributed by atoms with Crippen LogP contribution in [0.2, 0.25) is 5.02 Å². The maximum absolute atomic E-state index is 11.6. The molecule has 7 heteroatoms. The number of phenolic OH excluding ortho intramolecular Hbond substituents is 1. The Kier molecular flexibility index (Phi) is 6.02. The number of carbonyl (C=O) groups is 1. The summed E-state index contributed by atoms with van der Waals surface area (Å²) in [5.41, 5.74) is 3.13. The van der Waals surface area contributed by atoms with Gasteiger partial charge in [0.25, 0.3) is 5.91 Å². The number of amides is 1. The maximum atomic E-state index is 11.6. The molecule has 0 saturated carbocycles. The Bertz CT molecular complexity index is 690. The van der Waals surface area contributed by atoms with Crippen molar-refractivity contribution < 1.29 is 14.6 Å². The summed E-state index contributed by atoms with van der Waals surface area (Å²) in [4.78, 5) is 11.6. The molecule has 0 fully saturated rings. The highest BCUT2D eigenvalue weighted by Crippen LogP contribution is 2.19. The molecule has 0 spiro atoms. The number of carbonyl (C=O) groups excluding carboxylic acids is 1. The second-order valence-electron chi connectivity index (χ2n) is 4.25. The molecule has 0 saturated heterocycles. The lowest BCUT2D eigenvalue weighted by Crippen LogP contribution is -2.24. The Morgan fingerprint density at radius 1 is 1.32 bits per heavy atom. The predicted molar refractivity (Wildman–Crippen MR) is 93.5 cm³/mol. The van der Waals surface area contributed by atoms with Crippen LogP contribution in [0.3, 0.4) is 0 Å². The monoisotopic (exact) mass is 430 g/mol. The predicted octanol–water partition coefficient (Wildman–Crippen LogP) is 3.18. The van der Waals surface area contributed by atoms with Crippen molar-refractivity contribution in [1.82, 2.24) is 5.43 Å². The number of halogens is 2. The van der Waals surface area contributed by atoms with E-state index in [2.05, 4.69) is 10.5 Å². The first-order valence-electron chi connectivity index (χ1n) is 6.23. The molecule has 0 aliphatic heterocycles. The van der Waals surface area contributed by atoms with Crippen molar-refractivity contribution in [2.75, 3.05) is 6.61 Å². The number of nitrogens with zero attached hydrogens (tertiary/aromatic N) is 1. The molecule has 0 aromatic heterocycles. The van der Waals surface area contributed by atoms with E-state index in [1.165, 1.54) is 6.21 Å². The molecule has 2 aromatic carbocycles. The molecule has 0 aliphatic rings. The first-order chi connectivity index (χ1) is 10.5. The van der Waals surface area contributed by atoms with Crippen LogP contribution in [0.4, 0.5) is 0 Å². The van der Waals surface area contributed by atoms with Gasteiger partial charge in [-0.05, 0) is 70.6 Å². The average Bonchev–Trinajstić information content (AvgIpc) is 2.50. The van der Waals surface area contributed by atoms with Gasteiger partial charge in [-0.3, -0.25) is 4.79 Å². The summed E-state index contributed by atoms with van der Waals surface area (Å²) in [5, 5.41) is 13.8. The number of nitrogens with one attached hydrogen (secondary N) is 1. The van der Waals surface area contributed by atoms with Gasteiger partial charge in [-0.1, -0.05) is 11.6 Å². The summed E-state index contributed by atoms with van der Waals surface area (Å²) >= 11 is 7.76. The van der Waals surface area contributed by atoms with E-state index in [1.807, 2.05) is 22.6 Å². The van der Waals surface area contributed by atoms with Gasteiger partial charge in [-0.2, -0.15) is 5.10 Å². The van der Waals surface area contributed by atoms with Crippen LogP contribution in [-0.4, -0.2) is 23.8 Å². The molecular formula is C15H12ClIN2O3. The zero-order valence-corrected chi connectivity index (χ0v) is 14.2. The first kappa shape index (κ1) is 16.6. The lowest BCUT2D eigenvalue weighted by atomic mass is 10.2. The van der Waals surface area contributed by atoms with E-state index in [-0.39, 0.29) is 18.3 Å². The standard InChI is InChI=1S/C15H12ClIN2O3/c16-11-2-4-12(5-3-11)22-9-15(21)19-18-8-10-1-6-14(20)13(17)7-10/h1-8,20H,9H2,(H,19,21)/b18-8+. The maximum Gasteiger partial charge on any atom is 0.277 e. The Balaban J connectivity index is 1.80. The molecule has 0 unspecified atom stereocenters. The van der Waals surface area contributed by atoms with E-state index >= 15 is 0 Å². The molecule has 114 valence electrons. The van der Waals surface area contributed by atoms with Gasteiger partial charge in [-0.25, -0.2) is 5.43 Å². The van der Waals surface area contributed by atoms with Crippen LogP contribution in [0, 0.1) is 3.57 Å². The normalized spacial score (nSPS) is 10.6. The summed E-state index contributed by atoms with van der Waals surface area (Å²) in [5.74, 6) is 0.384. The third-order valence-electron chi connectivity index (χ3n) is 2.56. The van der Waals surface area contributed by atoms with Crippen molar-refractivity contribution in [2.45, 2.75) is 0 Å². The Morgan fingerprint density at radius 2 is 2.05 bits per heavy atom. The SMILES string of the molecule is O=C(COc1ccc(Cl)cc1)N/N=C/c1ccc(O)c(I)c1. The van der Waals surface area contributed by atoms with E-state index in [0.717, 1.165) is 5.56 Å². The number of rotatable bonds is 5. The van der Waals surface area contributed by atoms with Crippen LogP contribution in [0.1, 0.15) is 5.56 Å². The van der Waals surface area contributed by atoms with Crippen LogP contribution in [0.25, 0.3) is 0 Å². The number of hydrogen-bond donors (Lipinski definition) is 2. The molecule has 0 radical (unpaired) electrons. The highest BCUT2D eigenvalue weighted by atomic mass is 127. The Morgan fingerprint density at radius 3 is 2.73 bits per heavy atom. The first-order valence-corrected chi connectivity index (χ1v) is 7.69. The molecule has 2 aromatic rings. The minimum atomic E-state index is -0.375. The number of ether oxygens (including phenoxy) is 1. The van der Waals surface area contributed by atoms with Crippen LogP contribution < -0.4 is 10.2 Å². The van der Waals surface area contributed by atoms with Gasteiger partial charge in [0.2, 0.25) is 0 Å². The van der Waals surface area contributed by atoms with Gasteiger partial charge in [0, 0.05) is 5.02 Å². The van der Waals surface area contributed by atoms with Crippen molar-refractivity contribution in [1.29, 1.82) is 0 Å². The number of benzene rings is 2. The Labute approximate surface area is 146 Å². The van der Waals surface area contributed by atoms with Crippen molar-refractivity contribution >= 4 is 46.3 Å². The van der Waals surface area contributed by atoms with E-state index < -0.39 is 0 Å². The highest BCUT2D eigenvalue weighted by molar-refractivity contribution is 14.1. The smallest absolute Gasteiger partial charge is 0.277 e. The van der Waals surface area contributed by atoms with Crippen LogP contribution in [-0.2, 0) is 4.79 Å². The van der Waals surface area contributed by atoms with Crippen LogP contribution >= 0.6 is 34.2 Å². The van der Waals surface area contributed by atoms with Crippen molar-refractivity contribution in [3.63, 3.8) is 0 Å². The molecule has 0 heterocycles. The second kappa shape index (κ2) is 8.00. The fourth-order valence-corrected chi connectivity index (χ4v) is 2.16. The van der Waals surface area contributed by atoms with Crippen molar-refractivity contribution in [2.24, 2.45) is 5.10 Å². The number of hydrogen-bond acceptors (Lipinski definition) is 4. The summed E-state index contributed by atoms with van der Waals surface area (Å²) in [6, 6.07) is 11.7. The number of phenols is 1. The van der Waals surface area contributed by atoms with Gasteiger partial charge in [-0.15, -0.1) is 0 Å². The number of aromatic hydroxyl groups is 1. The molecule has 0 aliphatic carbocycles. The number of hydrazone groups is 1. The third-order valence-corrected chi connectivity index (χ3v) is 3.67. The minimum absolute atomic E-state index is 0.147. The van der Waals surface area contributed by atoms with E-state index in [9.17, 15) is 9.90 Å². The summed E-state index contributed by atoms with van der Waals surface area (Å²) in [7, 11) is 0. The van der Waals surface area contributed by atoms with Gasteiger partial charge in [0.1, 0.15) is 11.5 Å². The van der Waals surface area contributed by atoms with Crippen LogP contribution in [0.5, 0.6) is 11.5 Å². The Hall–Kier alpha value is -1.80. The molecule has 2 rings (SSSR count). The zero-order chi connectivity index (χ0) is 15.9. The van der Waals surface area contributed by atoms with Crippen LogP contribution in [0.15, 0.2) is 47.6 Å². The van der Waals surface area contributed by atoms with Gasteiger partial charge >= 0.3 is 0 Å². The highest BCUT2D eigenvalue weighted by Gasteiger charge is 2.02. The fourth-order valence-electron chi connectivity index (χ4n) is 1.49. The van der Waals surface area contributed by atoms with E-state index in [4.69, 9.17) is 16.3 Å². The summed E-state index contributed by atoms with van der Waals surface area (Å²) in [6.07, 6.45) is 1.49. The van der Waals surface area contributed by atoms with Gasteiger partial charge in [0.15, 0.2) is 6.61 Å². The minimum Gasteiger partial charge on any atom is -0.507 e. The molecule has 22 heavy (non-hydrogen) atoms. The third kappa shape index (κ3) is 5.19. The summed E-state index contributed by atoms with van der Waals surface area (Å²) < 4.78 is 5.99. The second-order valence-corrected chi connectivity index (χ2v) is 5.85. The zero-order valence-electron chi connectivity index (χ0n) is 11.3. The topological polar surface area (TPSA) is 70.9 Å². The molecule has 1 amide bonds. The van der Waals surface area contributed by atoms with E-state index in [1.54, 1.807) is 42.5 Å². The van der Waals surface area contributed by atoms with Gasteiger partial charge < -0.3 is 9.84 Å². The largest absolute Gasteiger partial charge is 0.507 e. The quantitative estimate of drug-likeness (QED) is 0.435. The molecule has 5 nitrogen and oxygen atoms in total. The molecular weight excluding hydrogens is 419 g/mol. The molecule has 2 N–H and O–H groups in total. The fraction of sp³-hybridized carbons (Fsp3) is 0.0667. The average molecular weight is 431 g/mol. The van der Waals surface area contributed by atoms with Crippen molar-refractivity contribution in [3.8, 4) is 11.5 Å². The van der Waals surface area contributed by atoms with Gasteiger partial charge in [0.05, 0.1) is 9.78 Å². The molecule has 0 bridgehead atoms. The lowest BCUT2D eigenvalue weighted by molar-refractivity contribution is -0.123. The van der Waals surface area contributed by atoms with E-state index in [0.29, 0.717) is 14.3 Å². The van der Waals surface area contributed by atoms with Crippen molar-refractivity contribution in [3.05, 3.63) is 56.6 Å². The molecule has 0 atom stereocenters. The lowest BCUT2D eigenvalue weighted by Gasteiger charge is -2.04. The summed E-state index contributed by atoms with van der Waals surface area (Å²) in [6.45, 7) is -0.147.